The van der Waals surface area contributed by atoms with Crippen LogP contribution in [0.15, 0.2) is 24.5 Å². The van der Waals surface area contributed by atoms with Crippen LogP contribution in [0.25, 0.3) is 11.2 Å². The van der Waals surface area contributed by atoms with Crippen molar-refractivity contribution in [2.24, 2.45) is 5.41 Å². The molecule has 0 amide bonds. The predicted molar refractivity (Wildman–Crippen MR) is 79.6 cm³/mol. The Morgan fingerprint density at radius 1 is 1.21 bits per heavy atom. The topological polar surface area (TPSA) is 50.7 Å². The van der Waals surface area contributed by atoms with Crippen molar-refractivity contribution in [3.05, 3.63) is 24.5 Å². The zero-order valence-electron chi connectivity index (χ0n) is 11.4. The number of fused-ring (bicyclic) bond motifs is 1. The molecule has 0 atom stereocenters. The minimum atomic E-state index is 0.202. The lowest BCUT2D eigenvalue weighted by molar-refractivity contribution is 0.355. The van der Waals surface area contributed by atoms with E-state index in [0.29, 0.717) is 11.5 Å². The van der Waals surface area contributed by atoms with Crippen LogP contribution in [0.3, 0.4) is 0 Å². The van der Waals surface area contributed by atoms with E-state index in [4.69, 9.17) is 11.6 Å². The van der Waals surface area contributed by atoms with Crippen molar-refractivity contribution in [2.75, 3.05) is 17.7 Å². The molecular weight excluding hydrogens is 260 g/mol. The Hall–Kier alpha value is -1.42. The van der Waals surface area contributed by atoms with Crippen molar-refractivity contribution in [1.29, 1.82) is 0 Å². The fourth-order valence-corrected chi connectivity index (χ4v) is 2.05. The number of rotatable bonds is 6. The van der Waals surface area contributed by atoms with Crippen LogP contribution in [0.1, 0.15) is 26.7 Å². The molecule has 0 aliphatic carbocycles. The SMILES string of the molecule is CC(C)(CCCCl)CNc1ccc2nccnc2n1. The number of anilines is 1. The third-order valence-electron chi connectivity index (χ3n) is 3.07. The Labute approximate surface area is 118 Å². The van der Waals surface area contributed by atoms with Crippen molar-refractivity contribution in [1.82, 2.24) is 15.0 Å². The first-order valence-corrected chi connectivity index (χ1v) is 7.02. The summed E-state index contributed by atoms with van der Waals surface area (Å²) in [5.41, 5.74) is 1.69. The molecule has 19 heavy (non-hydrogen) atoms. The van der Waals surface area contributed by atoms with E-state index >= 15 is 0 Å². The first-order valence-electron chi connectivity index (χ1n) is 6.48. The molecule has 0 unspecified atom stereocenters. The molecule has 0 aliphatic heterocycles. The van der Waals surface area contributed by atoms with E-state index in [-0.39, 0.29) is 5.41 Å². The van der Waals surface area contributed by atoms with Gasteiger partial charge in [-0.25, -0.2) is 9.97 Å². The van der Waals surface area contributed by atoms with Crippen LogP contribution in [0, 0.1) is 5.41 Å². The van der Waals surface area contributed by atoms with E-state index in [9.17, 15) is 0 Å². The highest BCUT2D eigenvalue weighted by Crippen LogP contribution is 2.23. The third kappa shape index (κ3) is 4.03. The Bertz CT molecular complexity index is 542. The summed E-state index contributed by atoms with van der Waals surface area (Å²) in [7, 11) is 0. The van der Waals surface area contributed by atoms with Crippen LogP contribution < -0.4 is 5.32 Å². The van der Waals surface area contributed by atoms with Gasteiger partial charge in [-0.2, -0.15) is 0 Å². The highest BCUT2D eigenvalue weighted by atomic mass is 35.5. The van der Waals surface area contributed by atoms with Crippen molar-refractivity contribution in [3.63, 3.8) is 0 Å². The maximum absolute atomic E-state index is 5.74. The number of hydrogen-bond donors (Lipinski definition) is 1. The summed E-state index contributed by atoms with van der Waals surface area (Å²) in [6, 6.07) is 3.87. The second-order valence-corrected chi connectivity index (χ2v) is 5.78. The van der Waals surface area contributed by atoms with Crippen molar-refractivity contribution in [3.8, 4) is 0 Å². The van der Waals surface area contributed by atoms with Gasteiger partial charge in [-0.15, -0.1) is 11.6 Å². The molecule has 4 nitrogen and oxygen atoms in total. The van der Waals surface area contributed by atoms with Gasteiger partial charge in [0, 0.05) is 24.8 Å². The largest absolute Gasteiger partial charge is 0.369 e. The molecule has 0 radical (unpaired) electrons. The van der Waals surface area contributed by atoms with Gasteiger partial charge in [0.05, 0.1) is 0 Å². The van der Waals surface area contributed by atoms with Gasteiger partial charge in [0.2, 0.25) is 0 Å². The zero-order chi connectivity index (χ0) is 13.7. The van der Waals surface area contributed by atoms with E-state index in [1.54, 1.807) is 12.4 Å². The lowest BCUT2D eigenvalue weighted by Gasteiger charge is -2.24. The Morgan fingerprint density at radius 2 is 2.00 bits per heavy atom. The molecule has 1 N–H and O–H groups in total. The smallest absolute Gasteiger partial charge is 0.180 e. The minimum absolute atomic E-state index is 0.202. The normalized spacial score (nSPS) is 11.7. The third-order valence-corrected chi connectivity index (χ3v) is 3.33. The second-order valence-electron chi connectivity index (χ2n) is 5.41. The number of halogens is 1. The predicted octanol–water partition coefficient (Wildman–Crippen LogP) is 3.48. The highest BCUT2D eigenvalue weighted by Gasteiger charge is 2.17. The average Bonchev–Trinajstić information content (AvgIpc) is 2.43. The molecule has 0 aliphatic rings. The van der Waals surface area contributed by atoms with Gasteiger partial charge in [0.25, 0.3) is 0 Å². The lowest BCUT2D eigenvalue weighted by atomic mass is 9.88. The Balaban J connectivity index is 2.01. The Kier molecular flexibility index (Phi) is 4.53. The van der Waals surface area contributed by atoms with Crippen LogP contribution in [0.2, 0.25) is 0 Å². The first-order chi connectivity index (χ1) is 9.11. The summed E-state index contributed by atoms with van der Waals surface area (Å²) < 4.78 is 0. The summed E-state index contributed by atoms with van der Waals surface area (Å²) >= 11 is 5.74. The molecule has 0 aromatic carbocycles. The standard InChI is InChI=1S/C14H19ClN4/c1-14(2,6-3-7-15)10-18-12-5-4-11-13(19-12)17-9-8-16-11/h4-5,8-9H,3,6-7,10H2,1-2H3,(H,17,18,19). The number of alkyl halides is 1. The van der Waals surface area contributed by atoms with Gasteiger partial charge >= 0.3 is 0 Å². The van der Waals surface area contributed by atoms with Crippen molar-refractivity contribution >= 4 is 28.6 Å². The molecule has 102 valence electrons. The van der Waals surface area contributed by atoms with Crippen LogP contribution >= 0.6 is 11.6 Å². The van der Waals surface area contributed by atoms with Gasteiger partial charge in [0.1, 0.15) is 11.3 Å². The molecular formula is C14H19ClN4. The molecule has 2 heterocycles. The van der Waals surface area contributed by atoms with Crippen molar-refractivity contribution in [2.45, 2.75) is 26.7 Å². The van der Waals surface area contributed by atoms with E-state index in [0.717, 1.165) is 30.7 Å². The minimum Gasteiger partial charge on any atom is -0.369 e. The molecule has 2 aromatic rings. The average molecular weight is 279 g/mol. The molecule has 0 spiro atoms. The van der Waals surface area contributed by atoms with Crippen LogP contribution in [-0.2, 0) is 0 Å². The van der Waals surface area contributed by atoms with Crippen LogP contribution in [0.5, 0.6) is 0 Å². The number of aromatic nitrogens is 3. The fourth-order valence-electron chi connectivity index (χ4n) is 1.92. The molecule has 0 bridgehead atoms. The lowest BCUT2D eigenvalue weighted by Crippen LogP contribution is -2.23. The molecule has 2 aromatic heterocycles. The summed E-state index contributed by atoms with van der Waals surface area (Å²) in [5, 5.41) is 3.36. The number of nitrogens with zero attached hydrogens (tertiary/aromatic N) is 3. The highest BCUT2D eigenvalue weighted by molar-refractivity contribution is 6.17. The summed E-state index contributed by atoms with van der Waals surface area (Å²) in [6.07, 6.45) is 5.46. The van der Waals surface area contributed by atoms with Crippen LogP contribution in [0.4, 0.5) is 5.82 Å². The van der Waals surface area contributed by atoms with Crippen LogP contribution in [-0.4, -0.2) is 27.4 Å². The fraction of sp³-hybridized carbons (Fsp3) is 0.500. The number of pyridine rings is 1. The first kappa shape index (κ1) is 14.0. The molecule has 0 saturated heterocycles. The summed E-state index contributed by atoms with van der Waals surface area (Å²) in [6.45, 7) is 5.32. The maximum Gasteiger partial charge on any atom is 0.180 e. The van der Waals surface area contributed by atoms with Gasteiger partial charge in [-0.05, 0) is 30.4 Å². The molecule has 0 saturated carbocycles. The van der Waals surface area contributed by atoms with E-state index in [2.05, 4.69) is 34.1 Å². The molecule has 5 heteroatoms. The number of nitrogens with one attached hydrogen (secondary N) is 1. The number of hydrogen-bond acceptors (Lipinski definition) is 4. The van der Waals surface area contributed by atoms with E-state index in [1.165, 1.54) is 0 Å². The molecule has 2 rings (SSSR count). The van der Waals surface area contributed by atoms with Gasteiger partial charge < -0.3 is 5.32 Å². The summed E-state index contributed by atoms with van der Waals surface area (Å²) in [4.78, 5) is 12.9. The van der Waals surface area contributed by atoms with Gasteiger partial charge in [-0.3, -0.25) is 4.98 Å². The maximum atomic E-state index is 5.74. The summed E-state index contributed by atoms with van der Waals surface area (Å²) in [5.74, 6) is 1.56. The zero-order valence-corrected chi connectivity index (χ0v) is 12.1. The van der Waals surface area contributed by atoms with E-state index < -0.39 is 0 Å². The second kappa shape index (κ2) is 6.15. The molecule has 0 fully saturated rings. The van der Waals surface area contributed by atoms with Gasteiger partial charge in [-0.1, -0.05) is 13.8 Å². The quantitative estimate of drug-likeness (QED) is 0.822. The van der Waals surface area contributed by atoms with E-state index in [1.807, 2.05) is 12.1 Å². The van der Waals surface area contributed by atoms with Gasteiger partial charge in [0.15, 0.2) is 5.65 Å². The Morgan fingerprint density at radius 3 is 2.79 bits per heavy atom. The van der Waals surface area contributed by atoms with Crippen molar-refractivity contribution < 1.29 is 0 Å². The monoisotopic (exact) mass is 278 g/mol.